The average molecular weight is 462 g/mol. The number of alkyl halides is 2. The molecule has 1 N–H and O–H groups in total. The summed E-state index contributed by atoms with van der Waals surface area (Å²) in [6.07, 6.45) is 3.32. The van der Waals surface area contributed by atoms with Crippen molar-refractivity contribution in [3.63, 3.8) is 0 Å². The van der Waals surface area contributed by atoms with Gasteiger partial charge in [-0.25, -0.2) is 0 Å². The molecular formula is C20H16Cl4O4. The Morgan fingerprint density at radius 1 is 1.14 bits per heavy atom. The molecule has 1 aromatic rings. The molecule has 0 saturated carbocycles. The summed E-state index contributed by atoms with van der Waals surface area (Å²) in [5, 5.41) is 8.05. The summed E-state index contributed by atoms with van der Waals surface area (Å²) in [6, 6.07) is 6.78. The average Bonchev–Trinajstić information content (AvgIpc) is 2.71. The summed E-state index contributed by atoms with van der Waals surface area (Å²) in [5.74, 6) is -1.62. The number of carbonyl (C=O) groups is 2. The van der Waals surface area contributed by atoms with Crippen LogP contribution in [0.5, 0.6) is 5.75 Å². The van der Waals surface area contributed by atoms with E-state index in [4.69, 9.17) is 56.2 Å². The second-order valence-electron chi connectivity index (χ2n) is 6.49. The van der Waals surface area contributed by atoms with Crippen LogP contribution in [-0.4, -0.2) is 39.6 Å². The van der Waals surface area contributed by atoms with Gasteiger partial charge in [-0.2, -0.15) is 0 Å². The zero-order valence-corrected chi connectivity index (χ0v) is 17.6. The summed E-state index contributed by atoms with van der Waals surface area (Å²) in [4.78, 5) is 22.3. The van der Waals surface area contributed by atoms with E-state index < -0.39 is 37.3 Å². The molecule has 4 nitrogen and oxygen atoms in total. The smallest absolute Gasteiger partial charge is 0.199 e. The Balaban J connectivity index is 2.16. The second kappa shape index (κ2) is 7.85. The van der Waals surface area contributed by atoms with Crippen LogP contribution in [0.2, 0.25) is 0 Å². The molecule has 148 valence electrons. The molecule has 0 aliphatic heterocycles. The van der Waals surface area contributed by atoms with Gasteiger partial charge in [0.05, 0.1) is 6.61 Å². The van der Waals surface area contributed by atoms with Crippen LogP contribution in [0.15, 0.2) is 58.6 Å². The lowest BCUT2D eigenvalue weighted by molar-refractivity contribution is -0.127. The van der Waals surface area contributed by atoms with E-state index in [-0.39, 0.29) is 19.6 Å². The summed E-state index contributed by atoms with van der Waals surface area (Å²) in [7, 11) is 0. The maximum absolute atomic E-state index is 13.1. The number of benzene rings is 1. The van der Waals surface area contributed by atoms with Crippen molar-refractivity contribution in [2.24, 2.45) is 0 Å². The van der Waals surface area contributed by atoms with E-state index in [1.165, 1.54) is 0 Å². The molecule has 0 heterocycles. The van der Waals surface area contributed by atoms with Gasteiger partial charge in [-0.1, -0.05) is 54.1 Å². The Kier molecular flexibility index (Phi) is 6.00. The van der Waals surface area contributed by atoms with Crippen LogP contribution in [0.25, 0.3) is 0 Å². The molecule has 0 fully saturated rings. The summed E-state index contributed by atoms with van der Waals surface area (Å²) in [6.45, 7) is 3.83. The van der Waals surface area contributed by atoms with Crippen LogP contribution in [0.1, 0.15) is 17.9 Å². The van der Waals surface area contributed by atoms with E-state index in [1.807, 2.05) is 0 Å². The summed E-state index contributed by atoms with van der Waals surface area (Å²) < 4.78 is 5.36. The van der Waals surface area contributed by atoms with Crippen molar-refractivity contribution in [1.82, 2.24) is 0 Å². The number of ketones is 2. The van der Waals surface area contributed by atoms with E-state index in [0.717, 1.165) is 0 Å². The van der Waals surface area contributed by atoms with Gasteiger partial charge in [-0.3, -0.25) is 9.59 Å². The van der Waals surface area contributed by atoms with Gasteiger partial charge >= 0.3 is 0 Å². The molecule has 0 radical (unpaired) electrons. The van der Waals surface area contributed by atoms with Crippen LogP contribution in [0, 0.1) is 0 Å². The maximum Gasteiger partial charge on any atom is 0.199 e. The number of aliphatic hydroxyl groups is 1. The largest absolute Gasteiger partial charge is 0.491 e. The highest BCUT2D eigenvalue weighted by Crippen LogP contribution is 2.59. The molecule has 2 aliphatic rings. The first-order chi connectivity index (χ1) is 13.2. The number of ether oxygens (including phenoxy) is 1. The van der Waals surface area contributed by atoms with Crippen molar-refractivity contribution in [1.29, 1.82) is 0 Å². The van der Waals surface area contributed by atoms with Crippen molar-refractivity contribution in [3.05, 3.63) is 64.2 Å². The highest BCUT2D eigenvalue weighted by atomic mass is 35.5. The molecule has 8 heteroatoms. The van der Waals surface area contributed by atoms with E-state index in [2.05, 4.69) is 6.58 Å². The fourth-order valence-electron chi connectivity index (χ4n) is 3.63. The molecule has 0 amide bonds. The molecule has 3 unspecified atom stereocenters. The number of allylic oxidation sites excluding steroid dienone is 5. The van der Waals surface area contributed by atoms with Gasteiger partial charge in [0.25, 0.3) is 0 Å². The first kappa shape index (κ1) is 21.4. The topological polar surface area (TPSA) is 63.6 Å². The minimum atomic E-state index is -1.87. The van der Waals surface area contributed by atoms with E-state index in [1.54, 1.807) is 36.4 Å². The van der Waals surface area contributed by atoms with Crippen LogP contribution in [0.4, 0.5) is 0 Å². The lowest BCUT2D eigenvalue weighted by atomic mass is 9.62. The number of hydrogen-bond donors (Lipinski definition) is 1. The molecule has 0 aromatic heterocycles. The van der Waals surface area contributed by atoms with E-state index in [0.29, 0.717) is 16.9 Å². The van der Waals surface area contributed by atoms with Crippen molar-refractivity contribution in [3.8, 4) is 5.75 Å². The lowest BCUT2D eigenvalue weighted by Crippen LogP contribution is -2.64. The SMILES string of the molecule is C=CC1=CCC2(Cl)C(=O)C(Cl)=C(Cl)C(=O)C2(Cl)C1c1ccc(OCCO)cc1. The minimum absolute atomic E-state index is 0.0125. The van der Waals surface area contributed by atoms with E-state index in [9.17, 15) is 9.59 Å². The minimum Gasteiger partial charge on any atom is -0.491 e. The normalized spacial score (nSPS) is 30.0. The van der Waals surface area contributed by atoms with Crippen molar-refractivity contribution in [2.75, 3.05) is 13.2 Å². The van der Waals surface area contributed by atoms with Crippen molar-refractivity contribution >= 4 is 58.0 Å². The highest BCUT2D eigenvalue weighted by Gasteiger charge is 2.68. The lowest BCUT2D eigenvalue weighted by Gasteiger charge is -2.49. The Morgan fingerprint density at radius 3 is 2.32 bits per heavy atom. The zero-order chi connectivity index (χ0) is 20.7. The fourth-order valence-corrected chi connectivity index (χ4v) is 5.08. The third-order valence-corrected chi connectivity index (χ3v) is 7.27. The molecule has 2 aliphatic carbocycles. The molecule has 3 rings (SSSR count). The first-order valence-corrected chi connectivity index (χ1v) is 9.92. The number of hydrogen-bond acceptors (Lipinski definition) is 4. The third-order valence-electron chi connectivity index (χ3n) is 5.02. The quantitative estimate of drug-likeness (QED) is 0.657. The first-order valence-electron chi connectivity index (χ1n) is 8.41. The number of aliphatic hydroxyl groups excluding tert-OH is 1. The zero-order valence-electron chi connectivity index (χ0n) is 14.6. The summed E-state index contributed by atoms with van der Waals surface area (Å²) >= 11 is 25.6. The molecule has 0 spiro atoms. The predicted octanol–water partition coefficient (Wildman–Crippen LogP) is 4.45. The number of rotatable bonds is 5. The number of carbonyl (C=O) groups excluding carboxylic acids is 2. The number of halogens is 4. The molecule has 0 saturated heterocycles. The van der Waals surface area contributed by atoms with Gasteiger partial charge in [0, 0.05) is 5.92 Å². The molecular weight excluding hydrogens is 446 g/mol. The maximum atomic E-state index is 13.1. The second-order valence-corrected chi connectivity index (χ2v) is 8.48. The van der Waals surface area contributed by atoms with Gasteiger partial charge in [-0.05, 0) is 29.7 Å². The highest BCUT2D eigenvalue weighted by molar-refractivity contribution is 6.66. The van der Waals surface area contributed by atoms with Gasteiger partial charge < -0.3 is 9.84 Å². The van der Waals surface area contributed by atoms with Crippen molar-refractivity contribution < 1.29 is 19.4 Å². The van der Waals surface area contributed by atoms with Gasteiger partial charge in [-0.15, -0.1) is 23.2 Å². The van der Waals surface area contributed by atoms with Crippen LogP contribution >= 0.6 is 46.4 Å². The van der Waals surface area contributed by atoms with Crippen LogP contribution in [-0.2, 0) is 9.59 Å². The Hall–Kier alpha value is -1.30. The Bertz CT molecular complexity index is 905. The Morgan fingerprint density at radius 2 is 1.75 bits per heavy atom. The number of Topliss-reactive ketones (excluding diaryl/α,β-unsaturated/α-hetero) is 2. The van der Waals surface area contributed by atoms with Crippen molar-refractivity contribution in [2.45, 2.75) is 22.1 Å². The molecule has 1 aromatic carbocycles. The monoisotopic (exact) mass is 460 g/mol. The molecule has 28 heavy (non-hydrogen) atoms. The number of fused-ring (bicyclic) bond motifs is 1. The molecule has 3 atom stereocenters. The Labute approximate surface area is 182 Å². The van der Waals surface area contributed by atoms with Gasteiger partial charge in [0.15, 0.2) is 11.6 Å². The van der Waals surface area contributed by atoms with E-state index >= 15 is 0 Å². The fraction of sp³-hybridized carbons (Fsp3) is 0.300. The van der Waals surface area contributed by atoms with Gasteiger partial charge in [0.2, 0.25) is 0 Å². The van der Waals surface area contributed by atoms with Crippen LogP contribution < -0.4 is 4.74 Å². The van der Waals surface area contributed by atoms with Gasteiger partial charge in [0.1, 0.15) is 32.2 Å². The van der Waals surface area contributed by atoms with Crippen LogP contribution in [0.3, 0.4) is 0 Å². The molecule has 0 bridgehead atoms. The standard InChI is InChI=1S/C20H16Cl4O4/c1-2-11-7-8-19(23)17(26)15(21)16(22)18(27)20(19,24)14(11)12-3-5-13(6-4-12)28-10-9-25/h2-7,14,25H,1,8-10H2. The third kappa shape index (κ3) is 3.03. The summed E-state index contributed by atoms with van der Waals surface area (Å²) in [5.41, 5.74) is 1.28. The predicted molar refractivity (Wildman–Crippen MR) is 111 cm³/mol.